The monoisotopic (exact) mass is 327 g/mol. The zero-order valence-corrected chi connectivity index (χ0v) is 13.4. The van der Waals surface area contributed by atoms with E-state index >= 15 is 0 Å². The number of carbonyl (C=O) groups excluding carboxylic acids is 1. The fourth-order valence-corrected chi connectivity index (χ4v) is 2.85. The second-order valence-electron chi connectivity index (χ2n) is 5.38. The van der Waals surface area contributed by atoms with Gasteiger partial charge >= 0.3 is 0 Å². The molecular weight excluding hydrogens is 310 g/mol. The average molecular weight is 327 g/mol. The summed E-state index contributed by atoms with van der Waals surface area (Å²) in [6.45, 7) is 5.81. The van der Waals surface area contributed by atoms with Crippen molar-refractivity contribution >= 4 is 28.9 Å². The number of hydrogen-bond acceptors (Lipinski definition) is 3. The molecule has 1 aromatic carbocycles. The van der Waals surface area contributed by atoms with Gasteiger partial charge in [-0.15, -0.1) is 0 Å². The summed E-state index contributed by atoms with van der Waals surface area (Å²) in [6, 6.07) is 12.6. The van der Waals surface area contributed by atoms with Gasteiger partial charge in [0.15, 0.2) is 5.11 Å². The Bertz CT molecular complexity index is 754. The van der Waals surface area contributed by atoms with Gasteiger partial charge in [-0.25, -0.2) is 0 Å². The summed E-state index contributed by atoms with van der Waals surface area (Å²) in [7, 11) is 0. The van der Waals surface area contributed by atoms with Crippen LogP contribution in [0.1, 0.15) is 17.6 Å². The molecule has 1 aliphatic rings. The third kappa shape index (κ3) is 3.27. The van der Waals surface area contributed by atoms with E-state index in [-0.39, 0.29) is 5.91 Å². The maximum absolute atomic E-state index is 12.7. The first-order valence-corrected chi connectivity index (χ1v) is 7.64. The molecule has 5 nitrogen and oxygen atoms in total. The third-order valence-electron chi connectivity index (χ3n) is 3.66. The highest BCUT2D eigenvalue weighted by Gasteiger charge is 2.38. The van der Waals surface area contributed by atoms with E-state index in [1.165, 1.54) is 0 Å². The number of hydrogen-bond donors (Lipinski definition) is 3. The molecule has 0 bridgehead atoms. The molecule has 118 valence electrons. The topological polar surface area (TPSA) is 66.3 Å². The van der Waals surface area contributed by atoms with E-state index < -0.39 is 12.0 Å². The third-order valence-corrected chi connectivity index (χ3v) is 3.88. The molecule has 1 fully saturated rings. The van der Waals surface area contributed by atoms with Crippen LogP contribution in [0.25, 0.3) is 0 Å². The number of nitrogens with one attached hydrogen (secondary N) is 3. The zero-order valence-electron chi connectivity index (χ0n) is 12.6. The number of anilines is 1. The van der Waals surface area contributed by atoms with E-state index in [1.807, 2.05) is 49.4 Å². The molecule has 1 aliphatic heterocycles. The van der Waals surface area contributed by atoms with Crippen molar-refractivity contribution in [3.63, 3.8) is 0 Å². The number of para-hydroxylation sites is 1. The van der Waals surface area contributed by atoms with Crippen molar-refractivity contribution in [3.05, 3.63) is 66.3 Å². The summed E-state index contributed by atoms with van der Waals surface area (Å²) in [5.74, 6) is 0.704. The van der Waals surface area contributed by atoms with Crippen molar-refractivity contribution in [3.8, 4) is 0 Å². The van der Waals surface area contributed by atoms with Gasteiger partial charge in [-0.3, -0.25) is 4.79 Å². The molecular formula is C17H17N3O2S. The Balaban J connectivity index is 1.87. The van der Waals surface area contributed by atoms with Crippen LogP contribution in [0.5, 0.6) is 0 Å². The van der Waals surface area contributed by atoms with Gasteiger partial charge in [0.1, 0.15) is 23.5 Å². The van der Waals surface area contributed by atoms with Crippen LogP contribution < -0.4 is 16.0 Å². The minimum absolute atomic E-state index is 0.178. The smallest absolute Gasteiger partial charge is 0.235 e. The van der Waals surface area contributed by atoms with Crippen LogP contribution in [0.4, 0.5) is 5.69 Å². The van der Waals surface area contributed by atoms with Crippen molar-refractivity contribution < 1.29 is 9.21 Å². The number of furan rings is 1. The molecule has 2 aromatic rings. The number of amides is 1. The van der Waals surface area contributed by atoms with Crippen molar-refractivity contribution in [2.75, 3.05) is 5.32 Å². The predicted octanol–water partition coefficient (Wildman–Crippen LogP) is 2.88. The second-order valence-corrected chi connectivity index (χ2v) is 5.79. The Morgan fingerprint density at radius 2 is 2.00 bits per heavy atom. The predicted molar refractivity (Wildman–Crippen MR) is 92.8 cm³/mol. The van der Waals surface area contributed by atoms with Crippen LogP contribution in [-0.4, -0.2) is 11.0 Å². The van der Waals surface area contributed by atoms with E-state index in [2.05, 4.69) is 22.5 Å². The van der Waals surface area contributed by atoms with Gasteiger partial charge in [0.05, 0.1) is 0 Å². The Labute approximate surface area is 139 Å². The van der Waals surface area contributed by atoms with Gasteiger partial charge < -0.3 is 20.4 Å². The van der Waals surface area contributed by atoms with E-state index in [9.17, 15) is 4.79 Å². The molecule has 1 saturated heterocycles. The van der Waals surface area contributed by atoms with Crippen molar-refractivity contribution in [2.45, 2.75) is 13.0 Å². The maximum atomic E-state index is 12.7. The van der Waals surface area contributed by atoms with Crippen LogP contribution in [-0.2, 0) is 4.79 Å². The van der Waals surface area contributed by atoms with Crippen molar-refractivity contribution in [1.29, 1.82) is 0 Å². The summed E-state index contributed by atoms with van der Waals surface area (Å²) >= 11 is 5.18. The summed E-state index contributed by atoms with van der Waals surface area (Å²) in [4.78, 5) is 12.7. The molecule has 1 amide bonds. The van der Waals surface area contributed by atoms with E-state index in [4.69, 9.17) is 16.6 Å². The SMILES string of the molecule is C=C1NC(=S)NC(c2ccc(C)o2)C1C(=O)Nc1ccccc1. The summed E-state index contributed by atoms with van der Waals surface area (Å²) in [5, 5.41) is 9.35. The van der Waals surface area contributed by atoms with E-state index in [1.54, 1.807) is 0 Å². The van der Waals surface area contributed by atoms with Crippen LogP contribution in [0.2, 0.25) is 0 Å². The first-order valence-electron chi connectivity index (χ1n) is 7.23. The lowest BCUT2D eigenvalue weighted by Gasteiger charge is -2.34. The number of rotatable bonds is 3. The summed E-state index contributed by atoms with van der Waals surface area (Å²) in [6.07, 6.45) is 0. The Hall–Kier alpha value is -2.60. The normalized spacial score (nSPS) is 20.6. The standard InChI is InChI=1S/C17H17N3O2S/c1-10-8-9-13(22-10)15-14(11(2)18-17(23)20-15)16(21)19-12-6-4-3-5-7-12/h3-9,14-15H,2H2,1H3,(H,19,21)(H2,18,20,23). The molecule has 0 radical (unpaired) electrons. The number of carbonyl (C=O) groups is 1. The Morgan fingerprint density at radius 3 is 2.65 bits per heavy atom. The first kappa shape index (κ1) is 15.3. The number of aryl methyl sites for hydroxylation is 1. The fourth-order valence-electron chi connectivity index (χ4n) is 2.59. The molecule has 2 unspecified atom stereocenters. The van der Waals surface area contributed by atoms with Gasteiger partial charge in [0.25, 0.3) is 0 Å². The highest BCUT2D eigenvalue weighted by Crippen LogP contribution is 2.31. The number of benzene rings is 1. The van der Waals surface area contributed by atoms with Crippen LogP contribution in [0.3, 0.4) is 0 Å². The van der Waals surface area contributed by atoms with Crippen molar-refractivity contribution in [1.82, 2.24) is 10.6 Å². The summed E-state index contributed by atoms with van der Waals surface area (Å²) < 4.78 is 5.68. The van der Waals surface area contributed by atoms with Crippen LogP contribution in [0.15, 0.2) is 59.2 Å². The lowest BCUT2D eigenvalue weighted by Crippen LogP contribution is -2.51. The second kappa shape index (κ2) is 6.26. The Morgan fingerprint density at radius 1 is 1.26 bits per heavy atom. The van der Waals surface area contributed by atoms with E-state index in [0.717, 1.165) is 11.4 Å². The molecule has 0 saturated carbocycles. The van der Waals surface area contributed by atoms with Gasteiger partial charge in [0, 0.05) is 11.4 Å². The molecule has 0 spiro atoms. The zero-order chi connectivity index (χ0) is 16.4. The Kier molecular flexibility index (Phi) is 4.16. The highest BCUT2D eigenvalue weighted by atomic mass is 32.1. The quantitative estimate of drug-likeness (QED) is 0.757. The van der Waals surface area contributed by atoms with Gasteiger partial charge in [0.2, 0.25) is 5.91 Å². The lowest BCUT2D eigenvalue weighted by molar-refractivity contribution is -0.119. The molecule has 3 N–H and O–H groups in total. The summed E-state index contributed by atoms with van der Waals surface area (Å²) in [5.41, 5.74) is 1.27. The highest BCUT2D eigenvalue weighted by molar-refractivity contribution is 7.80. The van der Waals surface area contributed by atoms with E-state index in [0.29, 0.717) is 16.6 Å². The molecule has 2 heterocycles. The van der Waals surface area contributed by atoms with Crippen molar-refractivity contribution in [2.24, 2.45) is 5.92 Å². The molecule has 0 aliphatic carbocycles. The maximum Gasteiger partial charge on any atom is 0.235 e. The molecule has 6 heteroatoms. The molecule has 1 aromatic heterocycles. The number of thiocarbonyl (C=S) groups is 1. The van der Waals surface area contributed by atoms with Gasteiger partial charge in [-0.2, -0.15) is 0 Å². The lowest BCUT2D eigenvalue weighted by atomic mass is 9.92. The fraction of sp³-hybridized carbons (Fsp3) is 0.176. The van der Waals surface area contributed by atoms with Crippen LogP contribution in [0, 0.1) is 12.8 Å². The molecule has 2 atom stereocenters. The average Bonchev–Trinajstić information content (AvgIpc) is 2.93. The first-order chi connectivity index (χ1) is 11.0. The minimum atomic E-state index is -0.549. The largest absolute Gasteiger partial charge is 0.464 e. The minimum Gasteiger partial charge on any atom is -0.464 e. The van der Waals surface area contributed by atoms with Gasteiger partial charge in [-0.05, 0) is 43.4 Å². The molecule has 23 heavy (non-hydrogen) atoms. The van der Waals surface area contributed by atoms with Crippen LogP contribution >= 0.6 is 12.2 Å². The van der Waals surface area contributed by atoms with Gasteiger partial charge in [-0.1, -0.05) is 24.8 Å². The molecule has 3 rings (SSSR count).